The van der Waals surface area contributed by atoms with Gasteiger partial charge in [0.15, 0.2) is 0 Å². The summed E-state index contributed by atoms with van der Waals surface area (Å²) >= 11 is 0. The third-order valence-electron chi connectivity index (χ3n) is 3.12. The molecule has 0 aliphatic carbocycles. The van der Waals surface area contributed by atoms with Crippen LogP contribution in [0.25, 0.3) is 0 Å². The number of aliphatic hydroxyl groups excluding tert-OH is 1. The van der Waals surface area contributed by atoms with Gasteiger partial charge in [-0.3, -0.25) is 9.59 Å². The number of likely N-dealkylation sites (N-methyl/N-ethyl adjacent to an activating group) is 1. The van der Waals surface area contributed by atoms with Gasteiger partial charge in [0.05, 0.1) is 6.04 Å². The van der Waals surface area contributed by atoms with Crippen LogP contribution < -0.4 is 0 Å². The number of amides is 1. The van der Waals surface area contributed by atoms with Gasteiger partial charge >= 0.3 is 5.97 Å². The minimum atomic E-state index is -1.47. The number of rotatable bonds is 2. The lowest BCUT2D eigenvalue weighted by Crippen LogP contribution is -2.29. The van der Waals surface area contributed by atoms with Gasteiger partial charge in [-0.1, -0.05) is 30.3 Å². The van der Waals surface area contributed by atoms with Gasteiger partial charge in [-0.05, 0) is 5.56 Å². The monoisotopic (exact) mass is 235 g/mol. The van der Waals surface area contributed by atoms with E-state index in [0.29, 0.717) is 5.56 Å². The smallest absolute Gasteiger partial charge is 0.312 e. The second kappa shape index (κ2) is 4.18. The van der Waals surface area contributed by atoms with Crippen LogP contribution in [0.1, 0.15) is 11.6 Å². The largest absolute Gasteiger partial charge is 0.481 e. The molecule has 0 radical (unpaired) electrons. The van der Waals surface area contributed by atoms with E-state index in [1.165, 1.54) is 11.9 Å². The Hall–Kier alpha value is -1.88. The molecule has 0 aromatic heterocycles. The highest BCUT2D eigenvalue weighted by Gasteiger charge is 2.50. The third kappa shape index (κ3) is 1.78. The summed E-state index contributed by atoms with van der Waals surface area (Å²) in [5.74, 6) is -2.83. The minimum absolute atomic E-state index is 0.550. The molecule has 1 saturated heterocycles. The normalized spacial score (nSPS) is 28.5. The Labute approximate surface area is 98.3 Å². The van der Waals surface area contributed by atoms with E-state index in [1.54, 1.807) is 24.3 Å². The summed E-state index contributed by atoms with van der Waals surface area (Å²) in [6, 6.07) is 8.25. The van der Waals surface area contributed by atoms with E-state index in [4.69, 9.17) is 5.11 Å². The Morgan fingerprint density at radius 1 is 1.29 bits per heavy atom. The first-order valence-electron chi connectivity index (χ1n) is 5.26. The number of hydrogen-bond acceptors (Lipinski definition) is 3. The number of aliphatic hydroxyl groups is 1. The van der Waals surface area contributed by atoms with Crippen molar-refractivity contribution in [2.75, 3.05) is 7.05 Å². The molecule has 2 N–H and O–H groups in total. The van der Waals surface area contributed by atoms with Gasteiger partial charge in [-0.15, -0.1) is 0 Å². The van der Waals surface area contributed by atoms with Crippen molar-refractivity contribution >= 4 is 11.9 Å². The summed E-state index contributed by atoms with van der Waals surface area (Å²) in [7, 11) is 1.51. The molecule has 1 fully saturated rings. The molecule has 90 valence electrons. The van der Waals surface area contributed by atoms with Crippen LogP contribution in [0.2, 0.25) is 0 Å². The van der Waals surface area contributed by atoms with Crippen molar-refractivity contribution in [3.05, 3.63) is 35.9 Å². The van der Waals surface area contributed by atoms with Crippen LogP contribution in [0.3, 0.4) is 0 Å². The fourth-order valence-corrected chi connectivity index (χ4v) is 2.26. The van der Waals surface area contributed by atoms with Crippen LogP contribution in [-0.4, -0.2) is 40.1 Å². The first kappa shape index (κ1) is 11.6. The van der Waals surface area contributed by atoms with Crippen LogP contribution in [-0.2, 0) is 9.59 Å². The van der Waals surface area contributed by atoms with E-state index in [0.717, 1.165) is 0 Å². The van der Waals surface area contributed by atoms with E-state index in [2.05, 4.69) is 0 Å². The fourth-order valence-electron chi connectivity index (χ4n) is 2.26. The molecule has 17 heavy (non-hydrogen) atoms. The molecule has 5 heteroatoms. The number of likely N-dealkylation sites (tertiary alicyclic amines) is 1. The Kier molecular flexibility index (Phi) is 2.85. The first-order chi connectivity index (χ1) is 8.04. The minimum Gasteiger partial charge on any atom is -0.481 e. The zero-order valence-electron chi connectivity index (χ0n) is 9.28. The molecule has 3 atom stereocenters. The lowest BCUT2D eigenvalue weighted by Gasteiger charge is -2.22. The molecule has 0 unspecified atom stereocenters. The lowest BCUT2D eigenvalue weighted by molar-refractivity contribution is -0.147. The van der Waals surface area contributed by atoms with Gasteiger partial charge in [0.2, 0.25) is 0 Å². The number of nitrogens with zero attached hydrogens (tertiary/aromatic N) is 1. The number of carboxylic acid groups (broad SMARTS) is 1. The number of carbonyl (C=O) groups is 2. The van der Waals surface area contributed by atoms with Gasteiger partial charge in [0.25, 0.3) is 5.91 Å². The maximum Gasteiger partial charge on any atom is 0.312 e. The Bertz CT molecular complexity index is 445. The molecule has 0 bridgehead atoms. The zero-order chi connectivity index (χ0) is 12.6. The zero-order valence-corrected chi connectivity index (χ0v) is 9.28. The maximum absolute atomic E-state index is 11.6. The predicted octanol–water partition coefficient (Wildman–Crippen LogP) is 0.261. The Balaban J connectivity index is 2.43. The quantitative estimate of drug-likeness (QED) is 0.770. The number of benzene rings is 1. The Morgan fingerprint density at radius 2 is 1.88 bits per heavy atom. The van der Waals surface area contributed by atoms with Crippen molar-refractivity contribution in [3.8, 4) is 0 Å². The van der Waals surface area contributed by atoms with E-state index in [9.17, 15) is 14.7 Å². The average Bonchev–Trinajstić information content (AvgIpc) is 2.55. The number of aliphatic carboxylic acids is 1. The van der Waals surface area contributed by atoms with Crippen molar-refractivity contribution in [1.82, 2.24) is 4.90 Å². The standard InChI is InChI=1S/C12H13NO4/c1-13-9(7-5-3-2-4-6-7)8(12(16)17)10(14)11(13)15/h2-6,8-10,14H,1H3,(H,16,17)/t8-,9+,10-/m1/s1. The molecule has 0 spiro atoms. The molecule has 0 saturated carbocycles. The van der Waals surface area contributed by atoms with E-state index >= 15 is 0 Å². The second-order valence-electron chi connectivity index (χ2n) is 4.11. The van der Waals surface area contributed by atoms with E-state index < -0.39 is 29.9 Å². The number of hydrogen-bond donors (Lipinski definition) is 2. The van der Waals surface area contributed by atoms with Crippen LogP contribution in [0, 0.1) is 5.92 Å². The highest BCUT2D eigenvalue weighted by molar-refractivity contribution is 5.91. The molecule has 1 heterocycles. The summed E-state index contributed by atoms with van der Waals surface area (Å²) in [6.45, 7) is 0. The molecule has 2 rings (SSSR count). The van der Waals surface area contributed by atoms with E-state index in [-0.39, 0.29) is 0 Å². The summed E-state index contributed by atoms with van der Waals surface area (Å²) in [5, 5.41) is 18.8. The van der Waals surface area contributed by atoms with Gasteiger partial charge in [-0.2, -0.15) is 0 Å². The van der Waals surface area contributed by atoms with Gasteiger partial charge in [0.1, 0.15) is 12.0 Å². The van der Waals surface area contributed by atoms with Crippen LogP contribution in [0.15, 0.2) is 30.3 Å². The van der Waals surface area contributed by atoms with Crippen molar-refractivity contribution < 1.29 is 19.8 Å². The fraction of sp³-hybridized carbons (Fsp3) is 0.333. The maximum atomic E-state index is 11.6. The van der Waals surface area contributed by atoms with Crippen molar-refractivity contribution in [2.24, 2.45) is 5.92 Å². The molecule has 1 aromatic rings. The first-order valence-corrected chi connectivity index (χ1v) is 5.26. The summed E-state index contributed by atoms with van der Waals surface area (Å²) in [6.07, 6.45) is -1.47. The molecule has 1 aliphatic heterocycles. The van der Waals surface area contributed by atoms with Crippen LogP contribution in [0.5, 0.6) is 0 Å². The lowest BCUT2D eigenvalue weighted by atomic mass is 9.92. The molecular formula is C12H13NO4. The molecular weight excluding hydrogens is 222 g/mol. The van der Waals surface area contributed by atoms with E-state index in [1.807, 2.05) is 6.07 Å². The predicted molar refractivity (Wildman–Crippen MR) is 59.1 cm³/mol. The van der Waals surface area contributed by atoms with Crippen LogP contribution >= 0.6 is 0 Å². The summed E-state index contributed by atoms with van der Waals surface area (Å²) in [4.78, 5) is 24.1. The number of carbonyl (C=O) groups excluding carboxylic acids is 1. The van der Waals surface area contributed by atoms with Crippen LogP contribution in [0.4, 0.5) is 0 Å². The SMILES string of the molecule is CN1C(=O)[C@H](O)[C@H](C(=O)O)[C@@H]1c1ccccc1. The molecule has 1 aliphatic rings. The highest BCUT2D eigenvalue weighted by Crippen LogP contribution is 2.37. The number of carboxylic acids is 1. The van der Waals surface area contributed by atoms with Crippen molar-refractivity contribution in [3.63, 3.8) is 0 Å². The second-order valence-corrected chi connectivity index (χ2v) is 4.11. The Morgan fingerprint density at radius 3 is 2.41 bits per heavy atom. The molecule has 1 amide bonds. The molecule has 1 aromatic carbocycles. The summed E-state index contributed by atoms with van der Waals surface area (Å²) < 4.78 is 0. The average molecular weight is 235 g/mol. The van der Waals surface area contributed by atoms with Gasteiger partial charge in [-0.25, -0.2) is 0 Å². The highest BCUT2D eigenvalue weighted by atomic mass is 16.4. The topological polar surface area (TPSA) is 77.8 Å². The van der Waals surface area contributed by atoms with Crippen molar-refractivity contribution in [2.45, 2.75) is 12.1 Å². The third-order valence-corrected chi connectivity index (χ3v) is 3.12. The van der Waals surface area contributed by atoms with Gasteiger partial charge in [0, 0.05) is 7.05 Å². The molecule has 5 nitrogen and oxygen atoms in total. The van der Waals surface area contributed by atoms with Gasteiger partial charge < -0.3 is 15.1 Å². The van der Waals surface area contributed by atoms with Crippen molar-refractivity contribution in [1.29, 1.82) is 0 Å². The summed E-state index contributed by atoms with van der Waals surface area (Å²) in [5.41, 5.74) is 0.715.